The van der Waals surface area contributed by atoms with Gasteiger partial charge in [0.2, 0.25) is 0 Å². The number of rotatable bonds is 8. The Morgan fingerprint density at radius 3 is 2.67 bits per heavy atom. The molecule has 0 aliphatic heterocycles. The van der Waals surface area contributed by atoms with Crippen molar-refractivity contribution in [1.29, 1.82) is 0 Å². The zero-order valence-corrected chi connectivity index (χ0v) is 14.8. The maximum Gasteiger partial charge on any atom is 0.166 e. The number of nitrogens with one attached hydrogen (secondary N) is 1. The summed E-state index contributed by atoms with van der Waals surface area (Å²) < 4.78 is 24.3. The van der Waals surface area contributed by atoms with E-state index in [9.17, 15) is 4.39 Å². The minimum absolute atomic E-state index is 0. The molecule has 0 fully saturated rings. The van der Waals surface area contributed by atoms with Gasteiger partial charge < -0.3 is 19.9 Å². The van der Waals surface area contributed by atoms with Crippen molar-refractivity contribution in [3.63, 3.8) is 0 Å². The van der Waals surface area contributed by atoms with Gasteiger partial charge in [-0.25, -0.2) is 4.39 Å². The van der Waals surface area contributed by atoms with Gasteiger partial charge in [-0.1, -0.05) is 29.8 Å². The summed E-state index contributed by atoms with van der Waals surface area (Å²) in [4.78, 5) is 0. The molecule has 0 aliphatic carbocycles. The minimum Gasteiger partial charge on any atom is -0.493 e. The standard InChI is InChI=1S/C17H19ClFNO3.ClH/c1-22-16-4-2-3-12(10-20-7-8-21)17(16)23-11-13-5-6-14(19)9-15(13)18;/h2-6,9,20-21H,7-8,10-11H2,1H3;1H. The number of benzene rings is 2. The smallest absolute Gasteiger partial charge is 0.166 e. The van der Waals surface area contributed by atoms with Crippen molar-refractivity contribution in [3.05, 3.63) is 58.4 Å². The highest BCUT2D eigenvalue weighted by Gasteiger charge is 2.12. The van der Waals surface area contributed by atoms with Gasteiger partial charge in [0.15, 0.2) is 11.5 Å². The second-order valence-corrected chi connectivity index (χ2v) is 5.28. The first kappa shape index (κ1) is 20.5. The molecule has 0 saturated heterocycles. The van der Waals surface area contributed by atoms with Gasteiger partial charge in [-0.3, -0.25) is 0 Å². The number of aliphatic hydroxyl groups is 1. The van der Waals surface area contributed by atoms with Crippen LogP contribution in [0.25, 0.3) is 0 Å². The predicted octanol–water partition coefficient (Wildman–Crippen LogP) is 3.57. The van der Waals surface area contributed by atoms with E-state index in [1.54, 1.807) is 19.2 Å². The molecule has 2 N–H and O–H groups in total. The topological polar surface area (TPSA) is 50.7 Å². The molecule has 0 bridgehead atoms. The van der Waals surface area contributed by atoms with E-state index in [1.807, 2.05) is 12.1 Å². The molecule has 0 aromatic heterocycles. The maximum absolute atomic E-state index is 13.1. The van der Waals surface area contributed by atoms with Crippen LogP contribution in [0, 0.1) is 5.82 Å². The summed E-state index contributed by atoms with van der Waals surface area (Å²) in [6, 6.07) is 9.78. The first-order chi connectivity index (χ1) is 11.2. The minimum atomic E-state index is -0.384. The second kappa shape index (κ2) is 10.4. The summed E-state index contributed by atoms with van der Waals surface area (Å²) >= 11 is 6.02. The molecule has 132 valence electrons. The summed E-state index contributed by atoms with van der Waals surface area (Å²) in [7, 11) is 1.57. The van der Waals surface area contributed by atoms with E-state index in [4.69, 9.17) is 26.2 Å². The van der Waals surface area contributed by atoms with Crippen LogP contribution in [-0.4, -0.2) is 25.4 Å². The maximum atomic E-state index is 13.1. The number of halogens is 3. The predicted molar refractivity (Wildman–Crippen MR) is 94.8 cm³/mol. The van der Waals surface area contributed by atoms with E-state index >= 15 is 0 Å². The first-order valence-corrected chi connectivity index (χ1v) is 7.57. The van der Waals surface area contributed by atoms with Gasteiger partial charge >= 0.3 is 0 Å². The van der Waals surface area contributed by atoms with E-state index in [2.05, 4.69) is 5.32 Å². The van der Waals surface area contributed by atoms with Crippen molar-refractivity contribution in [1.82, 2.24) is 5.32 Å². The molecule has 4 nitrogen and oxygen atoms in total. The van der Waals surface area contributed by atoms with E-state index in [0.29, 0.717) is 35.2 Å². The summed E-state index contributed by atoms with van der Waals surface area (Å²) in [5, 5.41) is 12.3. The van der Waals surface area contributed by atoms with E-state index in [0.717, 1.165) is 5.56 Å². The lowest BCUT2D eigenvalue weighted by molar-refractivity contribution is 0.277. The Morgan fingerprint density at radius 1 is 1.21 bits per heavy atom. The van der Waals surface area contributed by atoms with Crippen LogP contribution in [0.4, 0.5) is 4.39 Å². The Labute approximate surface area is 152 Å². The molecular weight excluding hydrogens is 356 g/mol. The summed E-state index contributed by atoms with van der Waals surface area (Å²) in [6.45, 7) is 1.28. The Bertz CT molecular complexity index is 656. The molecular formula is C17H20Cl2FNO3. The van der Waals surface area contributed by atoms with Crippen LogP contribution >= 0.6 is 24.0 Å². The van der Waals surface area contributed by atoms with Crippen molar-refractivity contribution in [3.8, 4) is 11.5 Å². The van der Waals surface area contributed by atoms with E-state index in [1.165, 1.54) is 12.1 Å². The van der Waals surface area contributed by atoms with Crippen LogP contribution in [-0.2, 0) is 13.2 Å². The molecule has 2 aromatic rings. The monoisotopic (exact) mass is 375 g/mol. The Morgan fingerprint density at radius 2 is 2.00 bits per heavy atom. The summed E-state index contributed by atoms with van der Waals surface area (Å²) in [5.74, 6) is 0.817. The number of methoxy groups -OCH3 is 1. The van der Waals surface area contributed by atoms with E-state index in [-0.39, 0.29) is 31.4 Å². The molecule has 0 saturated carbocycles. The van der Waals surface area contributed by atoms with Crippen LogP contribution < -0.4 is 14.8 Å². The molecule has 7 heteroatoms. The van der Waals surface area contributed by atoms with Crippen molar-refractivity contribution in [2.45, 2.75) is 13.2 Å². The summed E-state index contributed by atoms with van der Waals surface area (Å²) in [6.07, 6.45) is 0. The molecule has 0 heterocycles. The van der Waals surface area contributed by atoms with E-state index < -0.39 is 0 Å². The molecule has 0 atom stereocenters. The zero-order valence-electron chi connectivity index (χ0n) is 13.2. The molecule has 24 heavy (non-hydrogen) atoms. The third kappa shape index (κ3) is 5.53. The Balaban J connectivity index is 0.00000288. The largest absolute Gasteiger partial charge is 0.493 e. The average Bonchev–Trinajstić information content (AvgIpc) is 2.55. The lowest BCUT2D eigenvalue weighted by Gasteiger charge is -2.16. The highest BCUT2D eigenvalue weighted by molar-refractivity contribution is 6.31. The van der Waals surface area contributed by atoms with Crippen LogP contribution in [0.3, 0.4) is 0 Å². The molecule has 0 amide bonds. The van der Waals surface area contributed by atoms with Crippen LogP contribution in [0.1, 0.15) is 11.1 Å². The lowest BCUT2D eigenvalue weighted by Crippen LogP contribution is -2.18. The van der Waals surface area contributed by atoms with Crippen molar-refractivity contribution >= 4 is 24.0 Å². The number of hydrogen-bond acceptors (Lipinski definition) is 4. The van der Waals surface area contributed by atoms with Gasteiger partial charge in [0.1, 0.15) is 12.4 Å². The van der Waals surface area contributed by atoms with Crippen molar-refractivity contribution < 1.29 is 19.0 Å². The van der Waals surface area contributed by atoms with Gasteiger partial charge in [0, 0.05) is 24.2 Å². The number of para-hydroxylation sites is 1. The molecule has 2 aromatic carbocycles. The molecule has 0 spiro atoms. The molecule has 0 unspecified atom stereocenters. The van der Waals surface area contributed by atoms with Crippen molar-refractivity contribution in [2.24, 2.45) is 0 Å². The normalized spacial score (nSPS) is 10.2. The van der Waals surface area contributed by atoms with Gasteiger partial charge in [-0.15, -0.1) is 12.4 Å². The van der Waals surface area contributed by atoms with Gasteiger partial charge in [0.25, 0.3) is 0 Å². The summed E-state index contributed by atoms with van der Waals surface area (Å²) in [5.41, 5.74) is 1.59. The quantitative estimate of drug-likeness (QED) is 0.692. The highest BCUT2D eigenvalue weighted by Crippen LogP contribution is 2.32. The van der Waals surface area contributed by atoms with Gasteiger partial charge in [-0.05, 0) is 18.2 Å². The fourth-order valence-electron chi connectivity index (χ4n) is 2.12. The van der Waals surface area contributed by atoms with Gasteiger partial charge in [-0.2, -0.15) is 0 Å². The molecule has 0 radical (unpaired) electrons. The second-order valence-electron chi connectivity index (χ2n) is 4.87. The third-order valence-corrected chi connectivity index (χ3v) is 3.62. The first-order valence-electron chi connectivity index (χ1n) is 7.20. The zero-order chi connectivity index (χ0) is 16.7. The molecule has 2 rings (SSSR count). The Kier molecular flexibility index (Phi) is 8.85. The number of aliphatic hydroxyl groups excluding tert-OH is 1. The van der Waals surface area contributed by atoms with Gasteiger partial charge in [0.05, 0.1) is 18.7 Å². The third-order valence-electron chi connectivity index (χ3n) is 3.27. The van der Waals surface area contributed by atoms with Crippen LogP contribution in [0.15, 0.2) is 36.4 Å². The van der Waals surface area contributed by atoms with Crippen molar-refractivity contribution in [2.75, 3.05) is 20.3 Å². The fourth-order valence-corrected chi connectivity index (χ4v) is 2.34. The van der Waals surface area contributed by atoms with Crippen LogP contribution in [0.2, 0.25) is 5.02 Å². The average molecular weight is 376 g/mol. The lowest BCUT2D eigenvalue weighted by atomic mass is 10.1. The molecule has 0 aliphatic rings. The van der Waals surface area contributed by atoms with Crippen LogP contribution in [0.5, 0.6) is 11.5 Å². The highest BCUT2D eigenvalue weighted by atomic mass is 35.5. The fraction of sp³-hybridized carbons (Fsp3) is 0.294. The SMILES string of the molecule is COc1cccc(CNCCO)c1OCc1ccc(F)cc1Cl.Cl. The Hall–Kier alpha value is -1.53. The number of ether oxygens (including phenoxy) is 2. The number of hydrogen-bond donors (Lipinski definition) is 2.